The van der Waals surface area contributed by atoms with Gasteiger partial charge in [0.15, 0.2) is 4.96 Å². The monoisotopic (exact) mass is 400 g/mol. The van der Waals surface area contributed by atoms with Gasteiger partial charge in [-0.1, -0.05) is 12.1 Å². The molecular formula is C20H21FN4O2S. The Morgan fingerprint density at radius 1 is 1.21 bits per heavy atom. The third-order valence-corrected chi connectivity index (χ3v) is 6.57. The number of nitrogens with zero attached hydrogens (tertiary/aromatic N) is 4. The van der Waals surface area contributed by atoms with E-state index in [2.05, 4.69) is 9.88 Å². The van der Waals surface area contributed by atoms with Crippen LogP contribution >= 0.6 is 11.3 Å². The Morgan fingerprint density at radius 3 is 2.79 bits per heavy atom. The van der Waals surface area contributed by atoms with Crippen molar-refractivity contribution in [3.05, 3.63) is 47.4 Å². The predicted molar refractivity (Wildman–Crippen MR) is 105 cm³/mol. The largest absolute Gasteiger partial charge is 0.390 e. The van der Waals surface area contributed by atoms with E-state index in [0.29, 0.717) is 35.0 Å². The molecule has 28 heavy (non-hydrogen) atoms. The minimum Gasteiger partial charge on any atom is -0.390 e. The van der Waals surface area contributed by atoms with E-state index in [-0.39, 0.29) is 17.8 Å². The molecule has 5 rings (SSSR count). The van der Waals surface area contributed by atoms with Gasteiger partial charge in [-0.2, -0.15) is 0 Å². The number of thiazole rings is 1. The van der Waals surface area contributed by atoms with Crippen LogP contribution in [-0.2, 0) is 0 Å². The van der Waals surface area contributed by atoms with E-state index >= 15 is 0 Å². The summed E-state index contributed by atoms with van der Waals surface area (Å²) in [6.07, 6.45) is 3.49. The smallest absolute Gasteiger partial charge is 0.271 e. The number of likely N-dealkylation sites (tertiary alicyclic amines) is 2. The number of fused-ring (bicyclic) bond motifs is 1. The van der Waals surface area contributed by atoms with Crippen LogP contribution in [0, 0.1) is 5.82 Å². The number of amides is 1. The summed E-state index contributed by atoms with van der Waals surface area (Å²) in [6.45, 7) is 2.85. The molecule has 2 saturated heterocycles. The topological polar surface area (TPSA) is 61.1 Å². The number of aliphatic hydroxyl groups is 1. The van der Waals surface area contributed by atoms with Gasteiger partial charge < -0.3 is 10.0 Å². The summed E-state index contributed by atoms with van der Waals surface area (Å²) in [5, 5.41) is 12.3. The van der Waals surface area contributed by atoms with Gasteiger partial charge in [-0.3, -0.25) is 14.1 Å². The number of benzene rings is 1. The van der Waals surface area contributed by atoms with E-state index in [9.17, 15) is 14.3 Å². The first-order valence-electron chi connectivity index (χ1n) is 9.55. The first kappa shape index (κ1) is 17.8. The zero-order valence-electron chi connectivity index (χ0n) is 15.3. The first-order valence-corrected chi connectivity index (χ1v) is 10.4. The fraction of sp³-hybridized carbons (Fsp3) is 0.400. The number of carbonyl (C=O) groups is 1. The van der Waals surface area contributed by atoms with Gasteiger partial charge in [0.2, 0.25) is 0 Å². The van der Waals surface area contributed by atoms with Crippen molar-refractivity contribution in [2.75, 3.05) is 26.2 Å². The maximum atomic E-state index is 14.1. The van der Waals surface area contributed by atoms with Crippen LogP contribution in [0.1, 0.15) is 23.3 Å². The summed E-state index contributed by atoms with van der Waals surface area (Å²) in [5.41, 5.74) is 1.43. The molecule has 2 aliphatic heterocycles. The number of halogens is 1. The second-order valence-electron chi connectivity index (χ2n) is 7.47. The van der Waals surface area contributed by atoms with E-state index in [1.807, 2.05) is 0 Å². The summed E-state index contributed by atoms with van der Waals surface area (Å²) in [4.78, 5) is 22.3. The van der Waals surface area contributed by atoms with Crippen molar-refractivity contribution in [1.29, 1.82) is 0 Å². The number of aliphatic hydroxyl groups excluding tert-OH is 1. The number of hydrogen-bond acceptors (Lipinski definition) is 5. The molecule has 6 nitrogen and oxygen atoms in total. The molecule has 2 aromatic heterocycles. The summed E-state index contributed by atoms with van der Waals surface area (Å²) in [6, 6.07) is 6.50. The number of aromatic nitrogens is 2. The van der Waals surface area contributed by atoms with Crippen LogP contribution in [0.4, 0.5) is 4.39 Å². The number of rotatable bonds is 3. The fourth-order valence-corrected chi connectivity index (χ4v) is 5.11. The van der Waals surface area contributed by atoms with Crippen molar-refractivity contribution >= 4 is 22.2 Å². The molecule has 4 heterocycles. The van der Waals surface area contributed by atoms with Gasteiger partial charge in [0, 0.05) is 30.2 Å². The minimum absolute atomic E-state index is 0.0114. The van der Waals surface area contributed by atoms with Crippen LogP contribution in [-0.4, -0.2) is 68.5 Å². The van der Waals surface area contributed by atoms with Gasteiger partial charge in [-0.15, -0.1) is 11.3 Å². The standard InChI is InChI=1S/C20H21FN4O2S/c21-14-6-2-1-5-13(14)15-9-25-17(12-28-20(25)22-15)19(27)24-10-16(18(26)11-24)23-7-3-4-8-23/h1-2,5-6,9,12,16,18,26H,3-4,7-8,10-11H2/t16-,18-/m0/s1. The van der Waals surface area contributed by atoms with Crippen molar-refractivity contribution in [2.45, 2.75) is 25.0 Å². The molecule has 2 aliphatic rings. The molecule has 146 valence electrons. The van der Waals surface area contributed by atoms with Gasteiger partial charge in [-0.25, -0.2) is 9.37 Å². The maximum Gasteiger partial charge on any atom is 0.271 e. The van der Waals surface area contributed by atoms with E-state index in [1.54, 1.807) is 39.1 Å². The zero-order chi connectivity index (χ0) is 19.3. The van der Waals surface area contributed by atoms with E-state index in [4.69, 9.17) is 0 Å². The Hall–Kier alpha value is -2.29. The lowest BCUT2D eigenvalue weighted by molar-refractivity contribution is 0.0757. The molecule has 2 fully saturated rings. The molecule has 1 N–H and O–H groups in total. The van der Waals surface area contributed by atoms with Crippen molar-refractivity contribution in [3.63, 3.8) is 0 Å². The Bertz CT molecular complexity index is 1030. The predicted octanol–water partition coefficient (Wildman–Crippen LogP) is 2.48. The molecule has 1 aromatic carbocycles. The first-order chi connectivity index (χ1) is 13.6. The second-order valence-corrected chi connectivity index (χ2v) is 8.30. The van der Waals surface area contributed by atoms with Crippen LogP contribution in [0.3, 0.4) is 0 Å². The van der Waals surface area contributed by atoms with Crippen molar-refractivity contribution < 1.29 is 14.3 Å². The highest BCUT2D eigenvalue weighted by Gasteiger charge is 2.39. The summed E-state index contributed by atoms with van der Waals surface area (Å²) in [7, 11) is 0. The summed E-state index contributed by atoms with van der Waals surface area (Å²) in [5.74, 6) is -0.457. The Kier molecular flexibility index (Phi) is 4.41. The Balaban J connectivity index is 1.42. The van der Waals surface area contributed by atoms with E-state index in [0.717, 1.165) is 25.9 Å². The Morgan fingerprint density at radius 2 is 2.00 bits per heavy atom. The highest BCUT2D eigenvalue weighted by molar-refractivity contribution is 7.15. The zero-order valence-corrected chi connectivity index (χ0v) is 16.1. The third kappa shape index (κ3) is 2.92. The molecule has 1 amide bonds. The lowest BCUT2D eigenvalue weighted by Crippen LogP contribution is -2.41. The number of β-amino-alcohol motifs (C(OH)–C–C–N with tert-alkyl or cyclic N) is 1. The average Bonchev–Trinajstić information content (AvgIpc) is 3.45. The average molecular weight is 400 g/mol. The molecule has 0 bridgehead atoms. The summed E-state index contributed by atoms with van der Waals surface area (Å²) >= 11 is 1.36. The molecule has 0 unspecified atom stereocenters. The van der Waals surface area contributed by atoms with Crippen LogP contribution in [0.25, 0.3) is 16.2 Å². The van der Waals surface area contributed by atoms with Crippen molar-refractivity contribution in [3.8, 4) is 11.3 Å². The number of hydrogen-bond donors (Lipinski definition) is 1. The van der Waals surface area contributed by atoms with Crippen LogP contribution in [0.15, 0.2) is 35.8 Å². The third-order valence-electron chi connectivity index (χ3n) is 5.73. The van der Waals surface area contributed by atoms with E-state index < -0.39 is 6.10 Å². The van der Waals surface area contributed by atoms with Gasteiger partial charge in [0.1, 0.15) is 11.5 Å². The van der Waals surface area contributed by atoms with Gasteiger partial charge in [-0.05, 0) is 38.1 Å². The fourth-order valence-electron chi connectivity index (χ4n) is 4.27. The molecule has 2 atom stereocenters. The quantitative estimate of drug-likeness (QED) is 0.734. The van der Waals surface area contributed by atoms with Crippen LogP contribution < -0.4 is 0 Å². The minimum atomic E-state index is -0.520. The van der Waals surface area contributed by atoms with E-state index in [1.165, 1.54) is 17.4 Å². The molecule has 0 spiro atoms. The molecule has 0 saturated carbocycles. The summed E-state index contributed by atoms with van der Waals surface area (Å²) < 4.78 is 15.8. The highest BCUT2D eigenvalue weighted by atomic mass is 32.1. The Labute approximate surface area is 165 Å². The van der Waals surface area contributed by atoms with Gasteiger partial charge >= 0.3 is 0 Å². The maximum absolute atomic E-state index is 14.1. The van der Waals surface area contributed by atoms with Crippen LogP contribution in [0.2, 0.25) is 0 Å². The molecular weight excluding hydrogens is 379 g/mol. The SMILES string of the molecule is O=C(c1csc2nc(-c3ccccc3F)cn12)N1C[C@H](O)[C@@H](N2CCCC2)C1. The molecule has 0 aliphatic carbocycles. The number of carbonyl (C=O) groups excluding carboxylic acids is 1. The van der Waals surface area contributed by atoms with Gasteiger partial charge in [0.05, 0.1) is 17.8 Å². The van der Waals surface area contributed by atoms with Crippen molar-refractivity contribution in [2.24, 2.45) is 0 Å². The van der Waals surface area contributed by atoms with Crippen molar-refractivity contribution in [1.82, 2.24) is 19.2 Å². The second kappa shape index (κ2) is 6.95. The highest BCUT2D eigenvalue weighted by Crippen LogP contribution is 2.27. The molecule has 8 heteroatoms. The molecule has 0 radical (unpaired) electrons. The lowest BCUT2D eigenvalue weighted by Gasteiger charge is -2.25. The van der Waals surface area contributed by atoms with Gasteiger partial charge in [0.25, 0.3) is 5.91 Å². The lowest BCUT2D eigenvalue weighted by atomic mass is 10.1. The molecule has 3 aromatic rings. The normalized spacial score (nSPS) is 23.1. The number of imidazole rings is 1. The van der Waals surface area contributed by atoms with Crippen LogP contribution in [0.5, 0.6) is 0 Å².